The predicted octanol–water partition coefficient (Wildman–Crippen LogP) is 5.52. The van der Waals surface area contributed by atoms with Crippen LogP contribution in [0.5, 0.6) is 0 Å². The molecule has 3 rings (SSSR count). The Kier molecular flexibility index (Phi) is 6.78. The Morgan fingerprint density at radius 3 is 2.60 bits per heavy atom. The molecule has 30 heavy (non-hydrogen) atoms. The number of anilines is 1. The molecule has 5 nitrogen and oxygen atoms in total. The van der Waals surface area contributed by atoms with Crippen LogP contribution in [-0.2, 0) is 11.0 Å². The van der Waals surface area contributed by atoms with Crippen LogP contribution in [0.15, 0.2) is 47.6 Å². The van der Waals surface area contributed by atoms with Crippen LogP contribution >= 0.6 is 23.4 Å². The highest BCUT2D eigenvalue weighted by atomic mass is 35.5. The number of rotatable bonds is 6. The Labute approximate surface area is 177 Å². The van der Waals surface area contributed by atoms with Gasteiger partial charge in [-0.15, -0.1) is 5.10 Å². The molecule has 0 unspecified atom stereocenters. The molecule has 0 radical (unpaired) electrons. The Hall–Kier alpha value is -2.85. The first-order valence-electron chi connectivity index (χ1n) is 8.36. The number of aromatic amines is 1. The van der Waals surface area contributed by atoms with Crippen molar-refractivity contribution in [2.45, 2.75) is 11.3 Å². The van der Waals surface area contributed by atoms with Crippen LogP contribution < -0.4 is 5.32 Å². The van der Waals surface area contributed by atoms with E-state index < -0.39 is 22.7 Å². The van der Waals surface area contributed by atoms with Gasteiger partial charge in [-0.3, -0.25) is 9.89 Å². The fraction of sp³-hybridized carbons (Fsp3) is 0.105. The monoisotopic (exact) mass is 456 g/mol. The number of amides is 1. The smallest absolute Gasteiger partial charge is 0.325 e. The van der Waals surface area contributed by atoms with Gasteiger partial charge in [0.25, 0.3) is 0 Å². The maximum Gasteiger partial charge on any atom is 0.417 e. The molecule has 0 aliphatic rings. The van der Waals surface area contributed by atoms with Crippen LogP contribution in [0, 0.1) is 5.82 Å². The Morgan fingerprint density at radius 2 is 1.90 bits per heavy atom. The third-order valence-corrected chi connectivity index (χ3v) is 4.85. The summed E-state index contributed by atoms with van der Waals surface area (Å²) in [5, 5.41) is 8.85. The molecule has 0 saturated carbocycles. The van der Waals surface area contributed by atoms with Crippen molar-refractivity contribution < 1.29 is 22.4 Å². The van der Waals surface area contributed by atoms with Crippen molar-refractivity contribution in [2.75, 3.05) is 11.1 Å². The summed E-state index contributed by atoms with van der Waals surface area (Å²) in [4.78, 5) is 16.2. The van der Waals surface area contributed by atoms with Crippen LogP contribution in [0.25, 0.3) is 12.2 Å². The number of nitrogens with zero attached hydrogens (tertiary/aromatic N) is 2. The van der Waals surface area contributed by atoms with Crippen molar-refractivity contribution in [2.24, 2.45) is 0 Å². The first-order chi connectivity index (χ1) is 14.2. The van der Waals surface area contributed by atoms with E-state index >= 15 is 0 Å². The van der Waals surface area contributed by atoms with Gasteiger partial charge < -0.3 is 5.32 Å². The van der Waals surface area contributed by atoms with Crippen molar-refractivity contribution in [3.8, 4) is 0 Å². The molecule has 0 aliphatic heterocycles. The van der Waals surface area contributed by atoms with Gasteiger partial charge in [0.15, 0.2) is 0 Å². The highest BCUT2D eigenvalue weighted by molar-refractivity contribution is 7.99. The summed E-state index contributed by atoms with van der Waals surface area (Å²) < 4.78 is 51.5. The van der Waals surface area contributed by atoms with Crippen LogP contribution in [-0.4, -0.2) is 26.8 Å². The molecule has 1 heterocycles. The van der Waals surface area contributed by atoms with Gasteiger partial charge >= 0.3 is 6.18 Å². The normalized spacial score (nSPS) is 11.8. The molecule has 0 spiro atoms. The Morgan fingerprint density at radius 1 is 1.17 bits per heavy atom. The average molecular weight is 457 g/mol. The molecule has 0 bridgehead atoms. The van der Waals surface area contributed by atoms with Crippen LogP contribution in [0.1, 0.15) is 17.0 Å². The number of thioether (sulfide) groups is 1. The third-order valence-electron chi connectivity index (χ3n) is 3.67. The zero-order valence-electron chi connectivity index (χ0n) is 15.0. The van der Waals surface area contributed by atoms with E-state index in [1.807, 2.05) is 0 Å². The fourth-order valence-corrected chi connectivity index (χ4v) is 3.12. The first kappa shape index (κ1) is 21.8. The van der Waals surface area contributed by atoms with Crippen LogP contribution in [0.4, 0.5) is 23.2 Å². The standard InChI is InChI=1S/C19H13ClF4N4OS/c20-15-7-6-13(9-14(15)19(22,23)24)25-17(29)10-30-18-26-16(27-28-18)8-3-11-1-4-12(21)5-2-11/h1-9H,10H2,(H,25,29)(H,26,27,28)/b8-3+. The summed E-state index contributed by atoms with van der Waals surface area (Å²) in [7, 11) is 0. The molecule has 156 valence electrons. The zero-order chi connectivity index (χ0) is 21.7. The topological polar surface area (TPSA) is 70.7 Å². The number of hydrogen-bond acceptors (Lipinski definition) is 4. The zero-order valence-corrected chi connectivity index (χ0v) is 16.6. The number of carbonyl (C=O) groups is 1. The average Bonchev–Trinajstić information content (AvgIpc) is 3.14. The minimum absolute atomic E-state index is 0.0183. The molecular formula is C19H13ClF4N4OS. The molecule has 0 atom stereocenters. The molecule has 1 amide bonds. The van der Waals surface area contributed by atoms with Crippen LogP contribution in [0.2, 0.25) is 5.02 Å². The van der Waals surface area contributed by atoms with E-state index in [4.69, 9.17) is 11.6 Å². The lowest BCUT2D eigenvalue weighted by Gasteiger charge is -2.11. The molecule has 3 aromatic rings. The molecule has 0 fully saturated rings. The lowest BCUT2D eigenvalue weighted by atomic mass is 10.2. The number of halogens is 5. The largest absolute Gasteiger partial charge is 0.417 e. The van der Waals surface area contributed by atoms with Crippen molar-refractivity contribution in [3.63, 3.8) is 0 Å². The van der Waals surface area contributed by atoms with Gasteiger partial charge in [-0.1, -0.05) is 41.6 Å². The summed E-state index contributed by atoms with van der Waals surface area (Å²) in [6.07, 6.45) is -1.28. The molecule has 1 aromatic heterocycles. The van der Waals surface area contributed by atoms with Crippen molar-refractivity contribution in [3.05, 3.63) is 70.3 Å². The second kappa shape index (κ2) is 9.31. The summed E-state index contributed by atoms with van der Waals surface area (Å²) in [5.41, 5.74) is -0.279. The highest BCUT2D eigenvalue weighted by Crippen LogP contribution is 2.36. The molecule has 2 N–H and O–H groups in total. The fourth-order valence-electron chi connectivity index (χ4n) is 2.29. The molecule has 0 aliphatic carbocycles. The van der Waals surface area contributed by atoms with Gasteiger partial charge in [0.05, 0.1) is 16.3 Å². The number of aromatic nitrogens is 3. The van der Waals surface area contributed by atoms with E-state index in [2.05, 4.69) is 20.5 Å². The SMILES string of the molecule is O=C(CSc1n[nH]c(/C=C/c2ccc(F)cc2)n1)Nc1ccc(Cl)c(C(F)(F)F)c1. The first-order valence-corrected chi connectivity index (χ1v) is 9.72. The van der Waals surface area contributed by atoms with E-state index in [-0.39, 0.29) is 22.4 Å². The van der Waals surface area contributed by atoms with Crippen molar-refractivity contribution in [1.29, 1.82) is 0 Å². The summed E-state index contributed by atoms with van der Waals surface area (Å²) in [6.45, 7) is 0. The Bertz CT molecular complexity index is 1070. The highest BCUT2D eigenvalue weighted by Gasteiger charge is 2.33. The van der Waals surface area contributed by atoms with Crippen molar-refractivity contribution >= 4 is 47.1 Å². The van der Waals surface area contributed by atoms with Gasteiger partial charge in [0.2, 0.25) is 11.1 Å². The maximum absolute atomic E-state index is 12.9. The maximum atomic E-state index is 12.9. The van der Waals surface area contributed by atoms with Gasteiger partial charge in [-0.25, -0.2) is 9.37 Å². The molecule has 11 heteroatoms. The lowest BCUT2D eigenvalue weighted by Crippen LogP contribution is -2.15. The lowest BCUT2D eigenvalue weighted by molar-refractivity contribution is -0.137. The summed E-state index contributed by atoms with van der Waals surface area (Å²) in [5.74, 6) is -0.543. The van der Waals surface area contributed by atoms with Gasteiger partial charge in [0, 0.05) is 5.69 Å². The number of alkyl halides is 3. The minimum atomic E-state index is -4.62. The number of H-pyrrole nitrogens is 1. The molecule has 2 aromatic carbocycles. The number of nitrogens with one attached hydrogen (secondary N) is 2. The van der Waals surface area contributed by atoms with Crippen molar-refractivity contribution in [1.82, 2.24) is 15.2 Å². The quantitative estimate of drug-likeness (QED) is 0.378. The van der Waals surface area contributed by atoms with E-state index in [1.165, 1.54) is 18.2 Å². The van der Waals surface area contributed by atoms with Gasteiger partial charge in [-0.2, -0.15) is 13.2 Å². The number of carbonyl (C=O) groups excluding carboxylic acids is 1. The Balaban J connectivity index is 1.55. The van der Waals surface area contributed by atoms with E-state index in [0.717, 1.165) is 29.5 Å². The van der Waals surface area contributed by atoms with Gasteiger partial charge in [-0.05, 0) is 42.0 Å². The van der Waals surface area contributed by atoms with E-state index in [9.17, 15) is 22.4 Å². The van der Waals surface area contributed by atoms with Gasteiger partial charge in [0.1, 0.15) is 11.6 Å². The number of hydrogen-bond donors (Lipinski definition) is 2. The van der Waals surface area contributed by atoms with Crippen LogP contribution in [0.3, 0.4) is 0 Å². The second-order valence-corrected chi connectivity index (χ2v) is 7.27. The molecular weight excluding hydrogens is 444 g/mol. The number of benzene rings is 2. The summed E-state index contributed by atoms with van der Waals surface area (Å²) >= 11 is 6.56. The predicted molar refractivity (Wildman–Crippen MR) is 108 cm³/mol. The van der Waals surface area contributed by atoms with E-state index in [0.29, 0.717) is 5.82 Å². The molecule has 0 saturated heterocycles. The minimum Gasteiger partial charge on any atom is -0.325 e. The van der Waals surface area contributed by atoms with E-state index in [1.54, 1.807) is 24.3 Å². The summed E-state index contributed by atoms with van der Waals surface area (Å²) in [6, 6.07) is 8.99. The second-order valence-electron chi connectivity index (χ2n) is 5.92. The third kappa shape index (κ3) is 6.07.